The summed E-state index contributed by atoms with van der Waals surface area (Å²) in [6.45, 7) is 5.66. The molecule has 0 saturated heterocycles. The van der Waals surface area contributed by atoms with Gasteiger partial charge in [-0.3, -0.25) is 4.72 Å². The number of hydrogen-bond acceptors (Lipinski definition) is 3. The van der Waals surface area contributed by atoms with Gasteiger partial charge in [-0.05, 0) is 23.1 Å². The highest BCUT2D eigenvalue weighted by Gasteiger charge is 2.21. The molecule has 0 heterocycles. The zero-order chi connectivity index (χ0) is 14.7. The molecule has 19 heavy (non-hydrogen) atoms. The Morgan fingerprint density at radius 1 is 1.26 bits per heavy atom. The van der Waals surface area contributed by atoms with Crippen molar-refractivity contribution in [3.05, 3.63) is 29.8 Å². The molecule has 0 spiro atoms. The maximum Gasteiger partial charge on any atom is 0.233 e. The molecule has 0 aliphatic carbocycles. The van der Waals surface area contributed by atoms with Crippen LogP contribution in [0.15, 0.2) is 24.3 Å². The van der Waals surface area contributed by atoms with Crippen LogP contribution in [0, 0.1) is 5.41 Å². The predicted molar refractivity (Wildman–Crippen MR) is 83.8 cm³/mol. The summed E-state index contributed by atoms with van der Waals surface area (Å²) in [5, 5.41) is 0. The fourth-order valence-corrected chi connectivity index (χ4v) is 3.55. The maximum atomic E-state index is 11.9. The van der Waals surface area contributed by atoms with Gasteiger partial charge >= 0.3 is 0 Å². The second kappa shape index (κ2) is 5.88. The summed E-state index contributed by atoms with van der Waals surface area (Å²) < 4.78 is 26.4. The zero-order valence-corrected chi connectivity index (χ0v) is 13.1. The van der Waals surface area contributed by atoms with Crippen molar-refractivity contribution < 1.29 is 8.42 Å². The van der Waals surface area contributed by atoms with Gasteiger partial charge in [-0.2, -0.15) is 0 Å². The number of benzene rings is 1. The van der Waals surface area contributed by atoms with Crippen LogP contribution in [0.2, 0.25) is 0 Å². The normalized spacial score (nSPS) is 12.2. The molecular formula is C13H20N2O2S2. The van der Waals surface area contributed by atoms with E-state index in [1.807, 2.05) is 32.9 Å². The monoisotopic (exact) mass is 300 g/mol. The third kappa shape index (κ3) is 6.54. The smallest absolute Gasteiger partial charge is 0.233 e. The number of nitrogens with two attached hydrogens (primary N) is 1. The van der Waals surface area contributed by atoms with Crippen LogP contribution in [0.3, 0.4) is 0 Å². The quantitative estimate of drug-likeness (QED) is 0.819. The summed E-state index contributed by atoms with van der Waals surface area (Å²) in [5.74, 6) is 0.0780. The highest BCUT2D eigenvalue weighted by atomic mass is 32.2. The van der Waals surface area contributed by atoms with Crippen molar-refractivity contribution >= 4 is 32.9 Å². The maximum absolute atomic E-state index is 11.9. The summed E-state index contributed by atoms with van der Waals surface area (Å²) in [5.41, 5.74) is 6.69. The van der Waals surface area contributed by atoms with E-state index in [0.717, 1.165) is 5.56 Å². The minimum Gasteiger partial charge on any atom is -0.393 e. The van der Waals surface area contributed by atoms with Crippen molar-refractivity contribution in [1.29, 1.82) is 0 Å². The number of hydrogen-bond donors (Lipinski definition) is 2. The van der Waals surface area contributed by atoms with Crippen molar-refractivity contribution in [1.82, 2.24) is 0 Å². The van der Waals surface area contributed by atoms with Crippen LogP contribution in [0.4, 0.5) is 5.69 Å². The summed E-state index contributed by atoms with van der Waals surface area (Å²) >= 11 is 4.82. The van der Waals surface area contributed by atoms with E-state index >= 15 is 0 Å². The van der Waals surface area contributed by atoms with E-state index < -0.39 is 10.0 Å². The Labute approximate surface area is 120 Å². The van der Waals surface area contributed by atoms with E-state index in [9.17, 15) is 8.42 Å². The molecule has 0 saturated carbocycles. The molecule has 0 aromatic heterocycles. The predicted octanol–water partition coefficient (Wildman–Crippen LogP) is 2.30. The topological polar surface area (TPSA) is 72.2 Å². The molecular weight excluding hydrogens is 280 g/mol. The first kappa shape index (κ1) is 15.9. The Bertz CT molecular complexity index is 543. The average Bonchev–Trinajstić information content (AvgIpc) is 2.15. The van der Waals surface area contributed by atoms with Gasteiger partial charge in [-0.15, -0.1) is 0 Å². The van der Waals surface area contributed by atoms with Crippen molar-refractivity contribution in [2.45, 2.75) is 27.2 Å². The second-order valence-corrected chi connectivity index (χ2v) is 8.01. The molecule has 0 atom stereocenters. The Kier molecular flexibility index (Phi) is 4.92. The van der Waals surface area contributed by atoms with Crippen molar-refractivity contribution in [2.75, 3.05) is 10.5 Å². The molecule has 0 bridgehead atoms. The van der Waals surface area contributed by atoms with Gasteiger partial charge in [0.25, 0.3) is 0 Å². The molecule has 1 rings (SSSR count). The summed E-state index contributed by atoms with van der Waals surface area (Å²) in [6, 6.07) is 7.06. The average molecular weight is 300 g/mol. The van der Waals surface area contributed by atoms with E-state index in [1.54, 1.807) is 12.1 Å². The second-order valence-electron chi connectivity index (χ2n) is 5.76. The van der Waals surface area contributed by atoms with Gasteiger partial charge < -0.3 is 5.73 Å². The molecule has 3 N–H and O–H groups in total. The standard InChI is InChI=1S/C13H20N2O2S2/c1-13(2,3)9-19(16,17)15-11-6-4-10(5-7-11)8-12(14)18/h4-7,15H,8-9H2,1-3H3,(H2,14,18). The van der Waals surface area contributed by atoms with Crippen LogP contribution in [-0.2, 0) is 16.4 Å². The van der Waals surface area contributed by atoms with Crippen LogP contribution >= 0.6 is 12.2 Å². The fourth-order valence-electron chi connectivity index (χ4n) is 1.68. The summed E-state index contributed by atoms with van der Waals surface area (Å²) in [4.78, 5) is 0.418. The largest absolute Gasteiger partial charge is 0.393 e. The Balaban J connectivity index is 2.75. The molecule has 0 fully saturated rings. The number of rotatable bonds is 5. The zero-order valence-electron chi connectivity index (χ0n) is 11.4. The third-order valence-electron chi connectivity index (χ3n) is 2.23. The molecule has 1 aromatic carbocycles. The van der Waals surface area contributed by atoms with Crippen molar-refractivity contribution in [3.8, 4) is 0 Å². The number of anilines is 1. The Morgan fingerprint density at radius 3 is 2.21 bits per heavy atom. The van der Waals surface area contributed by atoms with Gasteiger partial charge in [-0.1, -0.05) is 45.1 Å². The van der Waals surface area contributed by atoms with Crippen LogP contribution < -0.4 is 10.5 Å². The third-order valence-corrected chi connectivity index (χ3v) is 4.17. The highest BCUT2D eigenvalue weighted by Crippen LogP contribution is 2.19. The first-order chi connectivity index (χ1) is 8.57. The molecule has 0 amide bonds. The van der Waals surface area contributed by atoms with Crippen molar-refractivity contribution in [3.63, 3.8) is 0 Å². The summed E-state index contributed by atoms with van der Waals surface area (Å²) in [7, 11) is -3.33. The lowest BCUT2D eigenvalue weighted by Gasteiger charge is -2.18. The van der Waals surface area contributed by atoms with Gasteiger partial charge in [0.15, 0.2) is 0 Å². The number of nitrogens with one attached hydrogen (secondary N) is 1. The fraction of sp³-hybridized carbons (Fsp3) is 0.462. The molecule has 0 aliphatic heterocycles. The van der Waals surface area contributed by atoms with Crippen molar-refractivity contribution in [2.24, 2.45) is 11.1 Å². The van der Waals surface area contributed by atoms with Gasteiger partial charge in [0.2, 0.25) is 10.0 Å². The van der Waals surface area contributed by atoms with E-state index in [2.05, 4.69) is 4.72 Å². The lowest BCUT2D eigenvalue weighted by atomic mass is 10.0. The Hall–Kier alpha value is -1.14. The van der Waals surface area contributed by atoms with Crippen LogP contribution in [-0.4, -0.2) is 19.2 Å². The lowest BCUT2D eigenvalue weighted by molar-refractivity contribution is 0.463. The van der Waals surface area contributed by atoms with Gasteiger partial charge in [-0.25, -0.2) is 8.42 Å². The van der Waals surface area contributed by atoms with Gasteiger partial charge in [0.1, 0.15) is 0 Å². The molecule has 0 aliphatic rings. The minimum absolute atomic E-state index is 0.0780. The van der Waals surface area contributed by atoms with E-state index in [1.165, 1.54) is 0 Å². The molecule has 106 valence electrons. The molecule has 1 aromatic rings. The molecule has 6 heteroatoms. The van der Waals surface area contributed by atoms with E-state index in [0.29, 0.717) is 17.1 Å². The molecule has 4 nitrogen and oxygen atoms in total. The first-order valence-corrected chi connectivity index (χ1v) is 8.01. The molecule has 0 unspecified atom stereocenters. The van der Waals surface area contributed by atoms with Crippen LogP contribution in [0.1, 0.15) is 26.3 Å². The van der Waals surface area contributed by atoms with Crippen LogP contribution in [0.5, 0.6) is 0 Å². The van der Waals surface area contributed by atoms with Gasteiger partial charge in [0.05, 0.1) is 10.7 Å². The molecule has 0 radical (unpaired) electrons. The minimum atomic E-state index is -3.33. The van der Waals surface area contributed by atoms with Crippen LogP contribution in [0.25, 0.3) is 0 Å². The van der Waals surface area contributed by atoms with E-state index in [-0.39, 0.29) is 11.2 Å². The number of thiocarbonyl (C=S) groups is 1. The Morgan fingerprint density at radius 2 is 1.79 bits per heavy atom. The van der Waals surface area contributed by atoms with Gasteiger partial charge in [0, 0.05) is 12.1 Å². The number of sulfonamides is 1. The summed E-state index contributed by atoms with van der Waals surface area (Å²) in [6.07, 6.45) is 0.518. The first-order valence-electron chi connectivity index (χ1n) is 5.95. The SMILES string of the molecule is CC(C)(C)CS(=O)(=O)Nc1ccc(CC(N)=S)cc1. The lowest BCUT2D eigenvalue weighted by Crippen LogP contribution is -2.26. The van der Waals surface area contributed by atoms with E-state index in [4.69, 9.17) is 18.0 Å². The highest BCUT2D eigenvalue weighted by molar-refractivity contribution is 7.92.